The third kappa shape index (κ3) is 3.68. The van der Waals surface area contributed by atoms with Gasteiger partial charge in [0, 0.05) is 29.4 Å². The quantitative estimate of drug-likeness (QED) is 0.419. The van der Waals surface area contributed by atoms with Gasteiger partial charge in [-0.05, 0) is 60.7 Å². The van der Waals surface area contributed by atoms with Gasteiger partial charge in [0.05, 0.1) is 11.2 Å². The third-order valence-electron chi connectivity index (χ3n) is 6.16. The van der Waals surface area contributed by atoms with E-state index in [2.05, 4.69) is 49.3 Å². The Labute approximate surface area is 182 Å². The number of benzene rings is 3. The summed E-state index contributed by atoms with van der Waals surface area (Å²) in [4.78, 5) is 15.0. The molecular weight excluding hydrogens is 394 g/mol. The molecule has 0 saturated carbocycles. The average Bonchev–Trinajstić information content (AvgIpc) is 2.72. The van der Waals surface area contributed by atoms with Gasteiger partial charge in [0.15, 0.2) is 0 Å². The largest absolute Gasteiger partial charge is 0.369 e. The molecule has 4 nitrogen and oxygen atoms in total. The summed E-state index contributed by atoms with van der Waals surface area (Å²) in [5, 5.41) is 6.73. The number of hydrogen-bond donors (Lipinski definition) is 1. The summed E-state index contributed by atoms with van der Waals surface area (Å²) < 4.78 is 0. The number of nitrogens with zero attached hydrogens (tertiary/aromatic N) is 2. The molecule has 3 aromatic rings. The molecule has 0 aliphatic carbocycles. The lowest BCUT2D eigenvalue weighted by atomic mass is 9.80. The summed E-state index contributed by atoms with van der Waals surface area (Å²) in [5.41, 5.74) is 6.52. The van der Waals surface area contributed by atoms with Crippen LogP contribution in [0.15, 0.2) is 59.7 Å². The van der Waals surface area contributed by atoms with Crippen molar-refractivity contribution < 1.29 is 4.79 Å². The molecule has 0 fully saturated rings. The fourth-order valence-corrected chi connectivity index (χ4v) is 4.55. The fraction of sp³-hybridized carbons (Fsp3) is 0.280. The first-order valence-corrected chi connectivity index (χ1v) is 10.5. The average molecular weight is 420 g/mol. The summed E-state index contributed by atoms with van der Waals surface area (Å²) in [6, 6.07) is 17.6. The van der Waals surface area contributed by atoms with Gasteiger partial charge in [0.2, 0.25) is 0 Å². The molecule has 1 N–H and O–H groups in total. The molecule has 0 aromatic heterocycles. The number of carbonyl (C=O) groups excluding carboxylic acids is 1. The highest BCUT2D eigenvalue weighted by molar-refractivity contribution is 6.33. The Morgan fingerprint density at radius 2 is 1.93 bits per heavy atom. The SMILES string of the molecule is C[C@H]1CC(C)(C)N(C)c2cc(Cl)c(/C=N\NC(=O)c3cccc4ccccc34)cc21. The minimum absolute atomic E-state index is 0.0811. The highest BCUT2D eigenvalue weighted by Gasteiger charge is 2.34. The fourth-order valence-electron chi connectivity index (χ4n) is 4.35. The first-order valence-electron chi connectivity index (χ1n) is 10.2. The second kappa shape index (κ2) is 7.77. The predicted molar refractivity (Wildman–Crippen MR) is 126 cm³/mol. The molecule has 0 unspecified atom stereocenters. The standard InChI is InChI=1S/C25H26ClN3O/c1-16-14-25(2,3)29(4)23-13-22(26)18(12-21(16)23)15-27-28-24(30)20-11-7-9-17-8-5-6-10-19(17)20/h5-13,15-16H,14H2,1-4H3,(H,28,30)/b27-15-/t16-/m0/s1. The minimum atomic E-state index is -0.244. The number of halogens is 1. The van der Waals surface area contributed by atoms with Crippen LogP contribution in [0, 0.1) is 0 Å². The van der Waals surface area contributed by atoms with Gasteiger partial charge in [-0.25, -0.2) is 5.43 Å². The van der Waals surface area contributed by atoms with Crippen LogP contribution in [0.4, 0.5) is 5.69 Å². The Morgan fingerprint density at radius 3 is 2.73 bits per heavy atom. The molecular formula is C25H26ClN3O. The second-order valence-corrected chi connectivity index (χ2v) is 9.04. The molecule has 0 radical (unpaired) electrons. The molecule has 1 aliphatic rings. The number of carbonyl (C=O) groups is 1. The number of anilines is 1. The van der Waals surface area contributed by atoms with E-state index < -0.39 is 0 Å². The van der Waals surface area contributed by atoms with Gasteiger partial charge in [-0.15, -0.1) is 0 Å². The maximum absolute atomic E-state index is 12.7. The van der Waals surface area contributed by atoms with Crippen LogP contribution in [0.2, 0.25) is 5.02 Å². The van der Waals surface area contributed by atoms with Crippen molar-refractivity contribution in [3.8, 4) is 0 Å². The Balaban J connectivity index is 1.58. The van der Waals surface area contributed by atoms with Gasteiger partial charge in [0.1, 0.15) is 0 Å². The van der Waals surface area contributed by atoms with Crippen molar-refractivity contribution in [3.63, 3.8) is 0 Å². The Bertz CT molecular complexity index is 1150. The monoisotopic (exact) mass is 419 g/mol. The molecule has 154 valence electrons. The van der Waals surface area contributed by atoms with Crippen LogP contribution in [0.3, 0.4) is 0 Å². The van der Waals surface area contributed by atoms with E-state index in [1.807, 2.05) is 42.5 Å². The smallest absolute Gasteiger partial charge is 0.271 e. The van der Waals surface area contributed by atoms with E-state index in [1.165, 1.54) is 5.56 Å². The second-order valence-electron chi connectivity index (χ2n) is 8.63. The van der Waals surface area contributed by atoms with Crippen LogP contribution in [-0.2, 0) is 0 Å². The van der Waals surface area contributed by atoms with E-state index in [1.54, 1.807) is 12.3 Å². The Kier molecular flexibility index (Phi) is 5.29. The van der Waals surface area contributed by atoms with Crippen molar-refractivity contribution in [2.45, 2.75) is 38.6 Å². The van der Waals surface area contributed by atoms with Gasteiger partial charge in [-0.2, -0.15) is 5.10 Å². The number of hydrazone groups is 1. The summed E-state index contributed by atoms with van der Waals surface area (Å²) >= 11 is 6.55. The Hall–Kier alpha value is -2.85. The zero-order valence-electron chi connectivity index (χ0n) is 17.7. The first-order chi connectivity index (χ1) is 14.3. The lowest BCUT2D eigenvalue weighted by Gasteiger charge is -2.45. The molecule has 0 saturated heterocycles. The molecule has 4 rings (SSSR count). The van der Waals surface area contributed by atoms with Crippen LogP contribution >= 0.6 is 11.6 Å². The molecule has 30 heavy (non-hydrogen) atoms. The van der Waals surface area contributed by atoms with Crippen molar-refractivity contribution in [2.24, 2.45) is 5.10 Å². The van der Waals surface area contributed by atoms with Crippen molar-refractivity contribution in [2.75, 3.05) is 11.9 Å². The number of rotatable bonds is 3. The maximum atomic E-state index is 12.7. The van der Waals surface area contributed by atoms with Gasteiger partial charge in [-0.1, -0.05) is 54.9 Å². The summed E-state index contributed by atoms with van der Waals surface area (Å²) in [6.07, 6.45) is 2.69. The van der Waals surface area contributed by atoms with Crippen molar-refractivity contribution >= 4 is 40.2 Å². The highest BCUT2D eigenvalue weighted by atomic mass is 35.5. The molecule has 1 aliphatic heterocycles. The van der Waals surface area contributed by atoms with Crippen LogP contribution in [0.25, 0.3) is 10.8 Å². The highest BCUT2D eigenvalue weighted by Crippen LogP contribution is 2.44. The van der Waals surface area contributed by atoms with E-state index in [0.717, 1.165) is 28.4 Å². The van der Waals surface area contributed by atoms with Crippen LogP contribution in [-0.4, -0.2) is 24.7 Å². The molecule has 1 atom stereocenters. The molecule has 0 bridgehead atoms. The Morgan fingerprint density at radius 1 is 1.20 bits per heavy atom. The van der Waals surface area contributed by atoms with E-state index in [0.29, 0.717) is 16.5 Å². The third-order valence-corrected chi connectivity index (χ3v) is 6.48. The molecule has 1 heterocycles. The normalized spacial score (nSPS) is 17.9. The summed E-state index contributed by atoms with van der Waals surface area (Å²) in [5.74, 6) is 0.174. The van der Waals surface area contributed by atoms with Gasteiger partial charge < -0.3 is 4.90 Å². The number of nitrogens with one attached hydrogen (secondary N) is 1. The lowest BCUT2D eigenvalue weighted by Crippen LogP contribution is -2.45. The van der Waals surface area contributed by atoms with Crippen molar-refractivity contribution in [3.05, 3.63) is 76.3 Å². The predicted octanol–water partition coefficient (Wildman–Crippen LogP) is 5.98. The molecule has 1 amide bonds. The van der Waals surface area contributed by atoms with Crippen LogP contribution in [0.5, 0.6) is 0 Å². The van der Waals surface area contributed by atoms with Gasteiger partial charge in [0.25, 0.3) is 5.91 Å². The van der Waals surface area contributed by atoms with Crippen LogP contribution < -0.4 is 10.3 Å². The number of amides is 1. The minimum Gasteiger partial charge on any atom is -0.369 e. The van der Waals surface area contributed by atoms with E-state index in [4.69, 9.17) is 11.6 Å². The lowest BCUT2D eigenvalue weighted by molar-refractivity contribution is 0.0957. The topological polar surface area (TPSA) is 44.7 Å². The van der Waals surface area contributed by atoms with Crippen LogP contribution in [0.1, 0.15) is 54.6 Å². The molecule has 3 aromatic carbocycles. The first kappa shape index (κ1) is 20.4. The van der Waals surface area contributed by atoms with Crippen molar-refractivity contribution in [1.29, 1.82) is 0 Å². The number of hydrogen-bond acceptors (Lipinski definition) is 3. The van der Waals surface area contributed by atoms with Crippen molar-refractivity contribution in [1.82, 2.24) is 5.43 Å². The number of fused-ring (bicyclic) bond motifs is 2. The summed E-state index contributed by atoms with van der Waals surface area (Å²) in [6.45, 7) is 6.74. The maximum Gasteiger partial charge on any atom is 0.271 e. The van der Waals surface area contributed by atoms with E-state index in [-0.39, 0.29) is 11.4 Å². The van der Waals surface area contributed by atoms with E-state index in [9.17, 15) is 4.79 Å². The zero-order chi connectivity index (χ0) is 21.5. The van der Waals surface area contributed by atoms with Gasteiger partial charge in [-0.3, -0.25) is 4.79 Å². The molecule has 0 spiro atoms. The van der Waals surface area contributed by atoms with E-state index >= 15 is 0 Å². The van der Waals surface area contributed by atoms with Gasteiger partial charge >= 0.3 is 0 Å². The zero-order valence-corrected chi connectivity index (χ0v) is 18.5. The summed E-state index contributed by atoms with van der Waals surface area (Å²) in [7, 11) is 2.11. The molecule has 5 heteroatoms.